The molecular weight excluding hydrogens is 284 g/mol. The van der Waals surface area contributed by atoms with Gasteiger partial charge in [-0.05, 0) is 56.3 Å². The van der Waals surface area contributed by atoms with Crippen LogP contribution in [0.15, 0.2) is 0 Å². The largest absolute Gasteiger partial charge is 0.378 e. The van der Waals surface area contributed by atoms with Crippen molar-refractivity contribution in [2.24, 2.45) is 17.8 Å². The van der Waals surface area contributed by atoms with Gasteiger partial charge in [-0.25, -0.2) is 0 Å². The molecule has 0 spiro atoms. The van der Waals surface area contributed by atoms with Gasteiger partial charge in [0, 0.05) is 18.6 Å². The maximum Gasteiger partial charge on any atom is 0.279 e. The number of carbonyl (C=O) groups excluding carboxylic acids is 1. The van der Waals surface area contributed by atoms with Crippen molar-refractivity contribution >= 4 is 23.1 Å². The van der Waals surface area contributed by atoms with Gasteiger partial charge in [0.25, 0.3) is 5.91 Å². The number of hydrogen-bond donors (Lipinski definition) is 1. The van der Waals surface area contributed by atoms with Crippen LogP contribution in [0.1, 0.15) is 38.5 Å². The van der Waals surface area contributed by atoms with E-state index in [4.69, 9.17) is 17.0 Å². The summed E-state index contributed by atoms with van der Waals surface area (Å²) in [5.41, 5.74) is 0.0577. The molecule has 0 aromatic carbocycles. The Bertz CT molecular complexity index is 424. The summed E-state index contributed by atoms with van der Waals surface area (Å²) in [5.74, 6) is 2.50. The zero-order chi connectivity index (χ0) is 14.4. The summed E-state index contributed by atoms with van der Waals surface area (Å²) in [6.45, 7) is 2.83. The maximum atomic E-state index is 12.6. The van der Waals surface area contributed by atoms with Crippen LogP contribution in [0.3, 0.4) is 0 Å². The van der Waals surface area contributed by atoms with Crippen molar-refractivity contribution in [2.45, 2.75) is 44.1 Å². The summed E-state index contributed by atoms with van der Waals surface area (Å²) in [6, 6.07) is 0. The second-order valence-electron chi connectivity index (χ2n) is 7.56. The Balaban J connectivity index is 1.43. The topological polar surface area (TPSA) is 41.6 Å². The molecule has 116 valence electrons. The molecule has 21 heavy (non-hydrogen) atoms. The van der Waals surface area contributed by atoms with E-state index in [1.807, 2.05) is 4.90 Å². The first-order chi connectivity index (χ1) is 10.1. The number of ether oxygens (including phenoxy) is 1. The summed E-state index contributed by atoms with van der Waals surface area (Å²) < 4.78 is 5.33. The molecule has 0 aromatic heterocycles. The molecule has 4 nitrogen and oxygen atoms in total. The van der Waals surface area contributed by atoms with E-state index in [9.17, 15) is 4.79 Å². The van der Waals surface area contributed by atoms with Gasteiger partial charge in [0.05, 0.1) is 13.2 Å². The van der Waals surface area contributed by atoms with Crippen LogP contribution in [0, 0.1) is 17.8 Å². The lowest BCUT2D eigenvalue weighted by Crippen LogP contribution is -2.62. The summed E-state index contributed by atoms with van der Waals surface area (Å²) in [5, 5.41) is 3.36. The van der Waals surface area contributed by atoms with Crippen molar-refractivity contribution in [3.63, 3.8) is 0 Å². The molecule has 0 radical (unpaired) electrons. The average Bonchev–Trinajstić information content (AvgIpc) is 2.45. The van der Waals surface area contributed by atoms with E-state index in [0.29, 0.717) is 18.2 Å². The lowest BCUT2D eigenvalue weighted by atomic mass is 9.53. The third kappa shape index (κ3) is 2.59. The highest BCUT2D eigenvalue weighted by Crippen LogP contribution is 2.55. The monoisotopic (exact) mass is 308 g/mol. The van der Waals surface area contributed by atoms with Crippen molar-refractivity contribution in [2.75, 3.05) is 26.3 Å². The number of carbonyl (C=O) groups is 1. The van der Waals surface area contributed by atoms with E-state index >= 15 is 0 Å². The van der Waals surface area contributed by atoms with E-state index in [-0.39, 0.29) is 11.4 Å². The first-order valence-electron chi connectivity index (χ1n) is 8.33. The van der Waals surface area contributed by atoms with Crippen molar-refractivity contribution in [3.05, 3.63) is 0 Å². The van der Waals surface area contributed by atoms with Crippen LogP contribution < -0.4 is 5.32 Å². The van der Waals surface area contributed by atoms with Gasteiger partial charge >= 0.3 is 0 Å². The number of nitrogens with zero attached hydrogens (tertiary/aromatic N) is 1. The highest BCUT2D eigenvalue weighted by molar-refractivity contribution is 7.82. The van der Waals surface area contributed by atoms with Gasteiger partial charge < -0.3 is 15.0 Å². The Labute approximate surface area is 131 Å². The second-order valence-corrected chi connectivity index (χ2v) is 7.94. The van der Waals surface area contributed by atoms with Crippen LogP contribution in [0.2, 0.25) is 0 Å². The molecular formula is C16H24N2O2S. The van der Waals surface area contributed by atoms with Gasteiger partial charge in [0.15, 0.2) is 4.99 Å². The molecule has 0 unspecified atom stereocenters. The number of hydrogen-bond acceptors (Lipinski definition) is 3. The molecule has 4 bridgehead atoms. The molecule has 4 aliphatic carbocycles. The Morgan fingerprint density at radius 1 is 1.05 bits per heavy atom. The number of rotatable bonds is 1. The van der Waals surface area contributed by atoms with Crippen LogP contribution in [0.4, 0.5) is 0 Å². The van der Waals surface area contributed by atoms with Crippen LogP contribution in [-0.4, -0.2) is 47.6 Å². The smallest absolute Gasteiger partial charge is 0.279 e. The minimum atomic E-state index is -0.0196. The third-order valence-electron chi connectivity index (χ3n) is 5.91. The molecule has 5 rings (SSSR count). The minimum Gasteiger partial charge on any atom is -0.378 e. The first-order valence-corrected chi connectivity index (χ1v) is 8.73. The summed E-state index contributed by atoms with van der Waals surface area (Å²) in [4.78, 5) is 15.1. The lowest BCUT2D eigenvalue weighted by Gasteiger charge is -2.57. The zero-order valence-corrected chi connectivity index (χ0v) is 13.3. The van der Waals surface area contributed by atoms with Crippen LogP contribution in [0.5, 0.6) is 0 Å². The molecule has 1 heterocycles. The molecule has 5 aliphatic rings. The van der Waals surface area contributed by atoms with Crippen LogP contribution >= 0.6 is 12.2 Å². The standard InChI is InChI=1S/C16H24N2O2S/c19-14(15(21)18-1-3-20-4-2-18)17-16-8-11-5-12(9-16)7-13(6-11)10-16/h11-13H,1-10H2,(H,17,19). The van der Waals surface area contributed by atoms with E-state index < -0.39 is 0 Å². The highest BCUT2D eigenvalue weighted by atomic mass is 32.1. The van der Waals surface area contributed by atoms with E-state index in [2.05, 4.69) is 5.32 Å². The fourth-order valence-corrected chi connectivity index (χ4v) is 5.70. The predicted octanol–water partition coefficient (Wildman–Crippen LogP) is 1.73. The summed E-state index contributed by atoms with van der Waals surface area (Å²) in [7, 11) is 0. The average molecular weight is 308 g/mol. The molecule has 0 atom stereocenters. The number of thiocarbonyl (C=S) groups is 1. The van der Waals surface area contributed by atoms with E-state index in [1.165, 1.54) is 38.5 Å². The van der Waals surface area contributed by atoms with Crippen molar-refractivity contribution in [1.29, 1.82) is 0 Å². The SMILES string of the molecule is O=C(NC12CC3CC(CC(C3)C1)C2)C(=S)N1CCOCC1. The number of nitrogens with one attached hydrogen (secondary N) is 1. The Morgan fingerprint density at radius 3 is 2.10 bits per heavy atom. The fourth-order valence-electron chi connectivity index (χ4n) is 5.47. The third-order valence-corrected chi connectivity index (χ3v) is 6.35. The molecule has 1 aliphatic heterocycles. The normalized spacial score (nSPS) is 41.1. The quantitative estimate of drug-likeness (QED) is 0.749. The number of morpholine rings is 1. The van der Waals surface area contributed by atoms with Crippen molar-refractivity contribution in [1.82, 2.24) is 10.2 Å². The lowest BCUT2D eigenvalue weighted by molar-refractivity contribution is -0.121. The Morgan fingerprint density at radius 2 is 1.57 bits per heavy atom. The van der Waals surface area contributed by atoms with Crippen molar-refractivity contribution in [3.8, 4) is 0 Å². The van der Waals surface area contributed by atoms with Gasteiger partial charge in [-0.3, -0.25) is 4.79 Å². The molecule has 1 saturated heterocycles. The first kappa shape index (κ1) is 13.9. The summed E-state index contributed by atoms with van der Waals surface area (Å²) in [6.07, 6.45) is 7.71. The van der Waals surface area contributed by atoms with Crippen molar-refractivity contribution < 1.29 is 9.53 Å². The molecule has 0 aromatic rings. The second kappa shape index (κ2) is 5.20. The maximum absolute atomic E-state index is 12.6. The Hall–Kier alpha value is -0.680. The van der Waals surface area contributed by atoms with Gasteiger partial charge in [-0.2, -0.15) is 0 Å². The Kier molecular flexibility index (Phi) is 3.45. The molecule has 1 amide bonds. The highest BCUT2D eigenvalue weighted by Gasteiger charge is 2.51. The minimum absolute atomic E-state index is 0.0196. The molecule has 5 fully saturated rings. The van der Waals surface area contributed by atoms with Gasteiger partial charge in [0.2, 0.25) is 0 Å². The van der Waals surface area contributed by atoms with Crippen LogP contribution in [-0.2, 0) is 9.53 Å². The van der Waals surface area contributed by atoms with E-state index in [1.54, 1.807) is 0 Å². The van der Waals surface area contributed by atoms with Gasteiger partial charge in [0.1, 0.15) is 0 Å². The van der Waals surface area contributed by atoms with E-state index in [0.717, 1.165) is 30.8 Å². The van der Waals surface area contributed by atoms with Gasteiger partial charge in [-0.15, -0.1) is 0 Å². The summed E-state index contributed by atoms with van der Waals surface area (Å²) >= 11 is 5.41. The molecule has 5 heteroatoms. The van der Waals surface area contributed by atoms with Gasteiger partial charge in [-0.1, -0.05) is 12.2 Å². The number of amides is 1. The fraction of sp³-hybridized carbons (Fsp3) is 0.875. The molecule has 1 N–H and O–H groups in total. The molecule has 4 saturated carbocycles. The zero-order valence-electron chi connectivity index (χ0n) is 12.5. The van der Waals surface area contributed by atoms with Crippen LogP contribution in [0.25, 0.3) is 0 Å². The predicted molar refractivity (Wildman–Crippen MR) is 84.0 cm³/mol.